The van der Waals surface area contributed by atoms with Crippen LogP contribution in [0, 0.1) is 0 Å². The van der Waals surface area contributed by atoms with Gasteiger partial charge in [-0.25, -0.2) is 0 Å². The topological polar surface area (TPSA) is 87.2 Å². The summed E-state index contributed by atoms with van der Waals surface area (Å²) in [6, 6.07) is 0. The van der Waals surface area contributed by atoms with E-state index in [2.05, 4.69) is 30.9 Å². The largest absolute Gasteiger partial charge is 0.178 e. The number of hydrogen-bond acceptors (Lipinski definition) is 6. The SMILES string of the molecule is CCc1nnnn1-n1ncnn1.[Cu]. The molecule has 0 amide bonds. The maximum atomic E-state index is 3.78. The van der Waals surface area contributed by atoms with Crippen LogP contribution in [0.5, 0.6) is 0 Å². The van der Waals surface area contributed by atoms with Crippen LogP contribution in [0.25, 0.3) is 0 Å². The molecule has 2 aromatic rings. The van der Waals surface area contributed by atoms with Crippen LogP contribution in [-0.4, -0.2) is 40.6 Å². The summed E-state index contributed by atoms with van der Waals surface area (Å²) in [5.74, 6) is 0.688. The fraction of sp³-hybridized carbons (Fsp3) is 0.500. The fourth-order valence-electron chi connectivity index (χ4n) is 0.801. The fourth-order valence-corrected chi connectivity index (χ4v) is 0.801. The zero-order valence-electron chi connectivity index (χ0n) is 6.66. The minimum absolute atomic E-state index is 0. The van der Waals surface area contributed by atoms with Crippen LogP contribution < -0.4 is 0 Å². The molecule has 0 aliphatic rings. The molecular formula is C4H6CuN8. The first-order valence-electron chi connectivity index (χ1n) is 3.42. The first-order valence-corrected chi connectivity index (χ1v) is 3.42. The summed E-state index contributed by atoms with van der Waals surface area (Å²) in [5, 5.41) is 21.9. The third kappa shape index (κ3) is 1.70. The Bertz CT molecular complexity index is 352. The van der Waals surface area contributed by atoms with Crippen molar-refractivity contribution in [2.24, 2.45) is 0 Å². The van der Waals surface area contributed by atoms with Crippen LogP contribution >= 0.6 is 0 Å². The summed E-state index contributed by atoms with van der Waals surface area (Å²) in [5.41, 5.74) is 0. The van der Waals surface area contributed by atoms with Gasteiger partial charge in [-0.15, -0.1) is 15.3 Å². The van der Waals surface area contributed by atoms with Gasteiger partial charge >= 0.3 is 0 Å². The Morgan fingerprint density at radius 1 is 1.38 bits per heavy atom. The Morgan fingerprint density at radius 3 is 2.85 bits per heavy atom. The predicted octanol–water partition coefficient (Wildman–Crippen LogP) is -1.47. The van der Waals surface area contributed by atoms with Gasteiger partial charge in [0.05, 0.1) is 0 Å². The predicted molar refractivity (Wildman–Crippen MR) is 35.8 cm³/mol. The molecule has 1 radical (unpaired) electrons. The van der Waals surface area contributed by atoms with Crippen LogP contribution in [0.4, 0.5) is 0 Å². The Hall–Kier alpha value is -1.34. The van der Waals surface area contributed by atoms with Crippen LogP contribution in [0.2, 0.25) is 0 Å². The van der Waals surface area contributed by atoms with E-state index in [0.29, 0.717) is 12.2 Å². The van der Waals surface area contributed by atoms with Crippen molar-refractivity contribution in [2.75, 3.05) is 0 Å². The normalized spacial score (nSPS) is 9.62. The molecule has 0 bridgehead atoms. The van der Waals surface area contributed by atoms with Crippen LogP contribution in [0.1, 0.15) is 12.7 Å². The zero-order valence-corrected chi connectivity index (χ0v) is 7.61. The van der Waals surface area contributed by atoms with E-state index < -0.39 is 0 Å². The van der Waals surface area contributed by atoms with Crippen molar-refractivity contribution >= 4 is 0 Å². The summed E-state index contributed by atoms with van der Waals surface area (Å²) in [4.78, 5) is 2.60. The molecule has 0 unspecified atom stereocenters. The second-order valence-corrected chi connectivity index (χ2v) is 2.04. The van der Waals surface area contributed by atoms with E-state index in [1.165, 1.54) is 16.0 Å². The van der Waals surface area contributed by atoms with Gasteiger partial charge < -0.3 is 0 Å². The number of aromatic nitrogens is 8. The van der Waals surface area contributed by atoms with Crippen molar-refractivity contribution in [3.05, 3.63) is 12.2 Å². The van der Waals surface area contributed by atoms with Crippen molar-refractivity contribution in [1.29, 1.82) is 0 Å². The summed E-state index contributed by atoms with van der Waals surface area (Å²) < 4.78 is 0. The van der Waals surface area contributed by atoms with Gasteiger partial charge in [-0.05, 0) is 20.5 Å². The average Bonchev–Trinajstić information content (AvgIpc) is 2.74. The molecule has 0 N–H and O–H groups in total. The summed E-state index contributed by atoms with van der Waals surface area (Å²) >= 11 is 0. The Morgan fingerprint density at radius 2 is 2.23 bits per heavy atom. The Labute approximate surface area is 83.8 Å². The Balaban J connectivity index is 0.000000845. The van der Waals surface area contributed by atoms with Gasteiger partial charge in [0.25, 0.3) is 0 Å². The first-order chi connectivity index (χ1) is 5.92. The molecule has 2 heterocycles. The van der Waals surface area contributed by atoms with Gasteiger partial charge in [-0.1, -0.05) is 11.7 Å². The van der Waals surface area contributed by atoms with Gasteiger partial charge in [-0.2, -0.15) is 0 Å². The molecule has 0 fully saturated rings. The quantitative estimate of drug-likeness (QED) is 0.585. The summed E-state index contributed by atoms with van der Waals surface area (Å²) in [6.07, 6.45) is 2.04. The first kappa shape index (κ1) is 9.75. The number of aryl methyl sites for hydroxylation is 1. The molecule has 13 heavy (non-hydrogen) atoms. The second-order valence-electron chi connectivity index (χ2n) is 2.04. The zero-order chi connectivity index (χ0) is 8.39. The van der Waals surface area contributed by atoms with Crippen molar-refractivity contribution < 1.29 is 17.1 Å². The molecule has 2 aromatic heterocycles. The van der Waals surface area contributed by atoms with Crippen molar-refractivity contribution in [3.63, 3.8) is 0 Å². The number of rotatable bonds is 2. The minimum atomic E-state index is 0. The molecule has 2 rings (SSSR count). The molecule has 8 nitrogen and oxygen atoms in total. The molecule has 73 valence electrons. The second kappa shape index (κ2) is 4.06. The van der Waals surface area contributed by atoms with E-state index in [-0.39, 0.29) is 17.1 Å². The van der Waals surface area contributed by atoms with E-state index in [1.54, 1.807) is 0 Å². The third-order valence-electron chi connectivity index (χ3n) is 1.34. The van der Waals surface area contributed by atoms with Crippen LogP contribution in [-0.2, 0) is 23.5 Å². The van der Waals surface area contributed by atoms with Crippen molar-refractivity contribution in [2.45, 2.75) is 13.3 Å². The third-order valence-corrected chi connectivity index (χ3v) is 1.34. The molecule has 0 aliphatic carbocycles. The van der Waals surface area contributed by atoms with Crippen LogP contribution in [0.15, 0.2) is 6.33 Å². The van der Waals surface area contributed by atoms with E-state index in [4.69, 9.17) is 0 Å². The molecule has 0 saturated heterocycles. The maximum Gasteiger partial charge on any atom is 0.178 e. The Kier molecular flexibility index (Phi) is 3.04. The van der Waals surface area contributed by atoms with E-state index in [9.17, 15) is 0 Å². The standard InChI is InChI=1S/C4H6N8.Cu/c1-2-4-7-8-10-11(4)12-6-3-5-9-12;/h3H,2H2,1H3;. The number of nitrogens with zero attached hydrogens (tertiary/aromatic N) is 8. The number of tetrazole rings is 2. The molecular weight excluding hydrogens is 224 g/mol. The van der Waals surface area contributed by atoms with Gasteiger partial charge in [0.15, 0.2) is 12.2 Å². The van der Waals surface area contributed by atoms with E-state index >= 15 is 0 Å². The van der Waals surface area contributed by atoms with Gasteiger partial charge in [-0.3, -0.25) is 0 Å². The van der Waals surface area contributed by atoms with E-state index in [0.717, 1.165) is 0 Å². The van der Waals surface area contributed by atoms with E-state index in [1.807, 2.05) is 6.92 Å². The molecule has 0 atom stereocenters. The van der Waals surface area contributed by atoms with Crippen LogP contribution in [0.3, 0.4) is 0 Å². The molecule has 9 heteroatoms. The average molecular weight is 230 g/mol. The molecule has 0 aliphatic heterocycles. The minimum Gasteiger partial charge on any atom is -0.116 e. The van der Waals surface area contributed by atoms with Gasteiger partial charge in [0.1, 0.15) is 0 Å². The monoisotopic (exact) mass is 229 g/mol. The summed E-state index contributed by atoms with van der Waals surface area (Å²) in [7, 11) is 0. The molecule has 0 spiro atoms. The molecule has 0 aromatic carbocycles. The van der Waals surface area contributed by atoms with Gasteiger partial charge in [0, 0.05) is 23.5 Å². The molecule has 0 saturated carbocycles. The van der Waals surface area contributed by atoms with Crippen molar-refractivity contribution in [3.8, 4) is 0 Å². The smallest absolute Gasteiger partial charge is 0.116 e. The van der Waals surface area contributed by atoms with Gasteiger partial charge in [0.2, 0.25) is 0 Å². The summed E-state index contributed by atoms with van der Waals surface area (Å²) in [6.45, 7) is 1.94. The maximum absolute atomic E-state index is 3.78. The number of hydrogen-bond donors (Lipinski definition) is 0. The van der Waals surface area contributed by atoms with Crippen molar-refractivity contribution in [1.82, 2.24) is 40.6 Å².